The average molecular weight is 371 g/mol. The molecular weight excluding hydrogens is 347 g/mol. The third-order valence-corrected chi connectivity index (χ3v) is 5.19. The molecule has 0 radical (unpaired) electrons. The van der Waals surface area contributed by atoms with Crippen LogP contribution in [0, 0.1) is 5.92 Å². The molecule has 1 amide bonds. The first-order chi connectivity index (χ1) is 12.4. The number of benzene rings is 1. The Bertz CT molecular complexity index is 624. The van der Waals surface area contributed by atoms with E-state index in [0.29, 0.717) is 45.1 Å². The molecule has 144 valence electrons. The van der Waals surface area contributed by atoms with Crippen LogP contribution in [-0.4, -0.2) is 56.2 Å². The molecule has 0 spiro atoms. The van der Waals surface area contributed by atoms with Gasteiger partial charge in [-0.3, -0.25) is 4.79 Å². The van der Waals surface area contributed by atoms with E-state index in [0.717, 1.165) is 25.0 Å². The lowest BCUT2D eigenvalue weighted by Crippen LogP contribution is -2.55. The number of nitrogens with zero attached hydrogens (tertiary/aromatic N) is 2. The molecule has 1 aromatic carbocycles. The highest BCUT2D eigenvalue weighted by Crippen LogP contribution is 2.32. The number of hydrogen-bond donors (Lipinski definition) is 1. The van der Waals surface area contributed by atoms with Crippen LogP contribution < -0.4 is 10.6 Å². The van der Waals surface area contributed by atoms with E-state index in [4.69, 9.17) is 10.5 Å². The summed E-state index contributed by atoms with van der Waals surface area (Å²) >= 11 is 0. The fourth-order valence-corrected chi connectivity index (χ4v) is 3.55. The van der Waals surface area contributed by atoms with Gasteiger partial charge in [-0.05, 0) is 37.0 Å². The minimum atomic E-state index is -4.36. The highest BCUT2D eigenvalue weighted by Gasteiger charge is 2.33. The number of ether oxygens (including phenoxy) is 1. The number of piperazine rings is 1. The number of alkyl halides is 3. The van der Waals surface area contributed by atoms with Crippen molar-refractivity contribution in [2.75, 3.05) is 44.3 Å². The van der Waals surface area contributed by atoms with Gasteiger partial charge in [-0.25, -0.2) is 0 Å². The number of carbonyl (C=O) groups is 1. The first-order valence-corrected chi connectivity index (χ1v) is 8.90. The molecule has 0 aromatic heterocycles. The molecular formula is C18H24F3N3O2. The van der Waals surface area contributed by atoms with Crippen LogP contribution in [-0.2, 0) is 15.7 Å². The summed E-state index contributed by atoms with van der Waals surface area (Å²) in [6.45, 7) is 3.18. The van der Waals surface area contributed by atoms with Crippen molar-refractivity contribution in [1.29, 1.82) is 0 Å². The predicted octanol–water partition coefficient (Wildman–Crippen LogP) is 2.11. The number of amides is 1. The van der Waals surface area contributed by atoms with E-state index < -0.39 is 17.8 Å². The third-order valence-electron chi connectivity index (χ3n) is 5.19. The van der Waals surface area contributed by atoms with E-state index in [2.05, 4.69) is 0 Å². The summed E-state index contributed by atoms with van der Waals surface area (Å²) < 4.78 is 43.9. The van der Waals surface area contributed by atoms with Gasteiger partial charge in [-0.15, -0.1) is 0 Å². The highest BCUT2D eigenvalue weighted by molar-refractivity contribution is 5.82. The Morgan fingerprint density at radius 3 is 2.42 bits per heavy atom. The van der Waals surface area contributed by atoms with Crippen LogP contribution in [0.25, 0.3) is 0 Å². The lowest BCUT2D eigenvalue weighted by atomic mass is 9.91. The van der Waals surface area contributed by atoms with Gasteiger partial charge in [0, 0.05) is 45.1 Å². The van der Waals surface area contributed by atoms with Crippen molar-refractivity contribution < 1.29 is 22.7 Å². The van der Waals surface area contributed by atoms with Crippen LogP contribution in [0.15, 0.2) is 24.3 Å². The standard InChI is InChI=1S/C18H24F3N3O2/c19-18(20,21)14-2-1-3-15(12-14)23-6-8-24(9-7-23)17(25)16(22)13-4-10-26-11-5-13/h1-3,12-13,16H,4-11,22H2. The normalized spacial score (nSPS) is 20.9. The minimum absolute atomic E-state index is 0.0689. The van der Waals surface area contributed by atoms with Crippen LogP contribution in [0.4, 0.5) is 18.9 Å². The van der Waals surface area contributed by atoms with Crippen molar-refractivity contribution in [3.05, 3.63) is 29.8 Å². The molecule has 2 N–H and O–H groups in total. The summed E-state index contributed by atoms with van der Waals surface area (Å²) in [7, 11) is 0. The second-order valence-electron chi connectivity index (χ2n) is 6.84. The molecule has 5 nitrogen and oxygen atoms in total. The topological polar surface area (TPSA) is 58.8 Å². The van der Waals surface area contributed by atoms with E-state index in [-0.39, 0.29) is 11.8 Å². The van der Waals surface area contributed by atoms with Crippen LogP contribution in [0.3, 0.4) is 0 Å². The summed E-state index contributed by atoms with van der Waals surface area (Å²) in [4.78, 5) is 16.2. The zero-order chi connectivity index (χ0) is 18.7. The Balaban J connectivity index is 1.58. The van der Waals surface area contributed by atoms with Crippen LogP contribution in [0.2, 0.25) is 0 Å². The molecule has 0 aliphatic carbocycles. The first kappa shape index (κ1) is 19.0. The SMILES string of the molecule is NC(C(=O)N1CCN(c2cccc(C(F)(F)F)c2)CC1)C1CCOCC1. The van der Waals surface area contributed by atoms with Gasteiger partial charge in [-0.2, -0.15) is 13.2 Å². The number of carbonyl (C=O) groups excluding carboxylic acids is 1. The molecule has 2 fully saturated rings. The van der Waals surface area contributed by atoms with Crippen molar-refractivity contribution in [1.82, 2.24) is 4.90 Å². The van der Waals surface area contributed by atoms with Gasteiger partial charge in [0.25, 0.3) is 0 Å². The molecule has 26 heavy (non-hydrogen) atoms. The smallest absolute Gasteiger partial charge is 0.381 e. The molecule has 2 aliphatic heterocycles. The molecule has 2 heterocycles. The van der Waals surface area contributed by atoms with Gasteiger partial charge in [0.15, 0.2) is 0 Å². The van der Waals surface area contributed by atoms with Gasteiger partial charge >= 0.3 is 6.18 Å². The Hall–Kier alpha value is -1.80. The second-order valence-corrected chi connectivity index (χ2v) is 6.84. The number of nitrogens with two attached hydrogens (primary N) is 1. The highest BCUT2D eigenvalue weighted by atomic mass is 19.4. The zero-order valence-electron chi connectivity index (χ0n) is 14.5. The number of halogens is 3. The summed E-state index contributed by atoms with van der Waals surface area (Å²) in [6, 6.07) is 4.78. The molecule has 2 aliphatic rings. The molecule has 0 bridgehead atoms. The summed E-state index contributed by atoms with van der Waals surface area (Å²) in [5.41, 5.74) is 6.02. The van der Waals surface area contributed by atoms with Gasteiger partial charge in [0.05, 0.1) is 11.6 Å². The Kier molecular flexibility index (Phi) is 5.72. The summed E-state index contributed by atoms with van der Waals surface area (Å²) in [6.07, 6.45) is -2.78. The van der Waals surface area contributed by atoms with Crippen LogP contribution in [0.1, 0.15) is 18.4 Å². The molecule has 8 heteroatoms. The predicted molar refractivity (Wildman–Crippen MR) is 91.8 cm³/mol. The maximum Gasteiger partial charge on any atom is 0.416 e. The first-order valence-electron chi connectivity index (χ1n) is 8.90. The molecule has 0 saturated carbocycles. The molecule has 1 aromatic rings. The largest absolute Gasteiger partial charge is 0.416 e. The van der Waals surface area contributed by atoms with Crippen LogP contribution in [0.5, 0.6) is 0 Å². The Labute approximate surface area is 150 Å². The van der Waals surface area contributed by atoms with E-state index in [1.165, 1.54) is 6.07 Å². The molecule has 3 rings (SSSR count). The number of rotatable bonds is 3. The van der Waals surface area contributed by atoms with Crippen molar-refractivity contribution >= 4 is 11.6 Å². The van der Waals surface area contributed by atoms with E-state index in [9.17, 15) is 18.0 Å². The van der Waals surface area contributed by atoms with Crippen LogP contribution >= 0.6 is 0 Å². The Morgan fingerprint density at radius 1 is 1.15 bits per heavy atom. The molecule has 2 saturated heterocycles. The quantitative estimate of drug-likeness (QED) is 0.884. The lowest BCUT2D eigenvalue weighted by molar-refractivity contribution is -0.137. The van der Waals surface area contributed by atoms with Gasteiger partial charge in [-0.1, -0.05) is 6.07 Å². The second kappa shape index (κ2) is 7.84. The number of hydrogen-bond acceptors (Lipinski definition) is 4. The van der Waals surface area contributed by atoms with E-state index in [1.807, 2.05) is 4.90 Å². The average Bonchev–Trinajstić information content (AvgIpc) is 2.67. The summed E-state index contributed by atoms with van der Waals surface area (Å²) in [5, 5.41) is 0. The van der Waals surface area contributed by atoms with Crippen molar-refractivity contribution in [3.8, 4) is 0 Å². The van der Waals surface area contributed by atoms with Gasteiger partial charge < -0.3 is 20.3 Å². The fourth-order valence-electron chi connectivity index (χ4n) is 3.55. The van der Waals surface area contributed by atoms with Gasteiger partial charge in [0.2, 0.25) is 5.91 Å². The van der Waals surface area contributed by atoms with Crippen molar-refractivity contribution in [2.24, 2.45) is 11.7 Å². The number of anilines is 1. The maximum atomic E-state index is 12.9. The van der Waals surface area contributed by atoms with Gasteiger partial charge in [0.1, 0.15) is 0 Å². The van der Waals surface area contributed by atoms with Crippen molar-refractivity contribution in [2.45, 2.75) is 25.1 Å². The third kappa shape index (κ3) is 4.29. The zero-order valence-corrected chi connectivity index (χ0v) is 14.5. The molecule has 1 atom stereocenters. The van der Waals surface area contributed by atoms with Crippen molar-refractivity contribution in [3.63, 3.8) is 0 Å². The minimum Gasteiger partial charge on any atom is -0.381 e. The summed E-state index contributed by atoms with van der Waals surface area (Å²) in [5.74, 6) is 0.0679. The Morgan fingerprint density at radius 2 is 1.81 bits per heavy atom. The fraction of sp³-hybridized carbons (Fsp3) is 0.611. The molecule has 1 unspecified atom stereocenters. The maximum absolute atomic E-state index is 12.9. The lowest BCUT2D eigenvalue weighted by Gasteiger charge is -2.38. The van der Waals surface area contributed by atoms with E-state index in [1.54, 1.807) is 11.0 Å². The van der Waals surface area contributed by atoms with E-state index >= 15 is 0 Å². The monoisotopic (exact) mass is 371 g/mol.